The van der Waals surface area contributed by atoms with Gasteiger partial charge in [-0.15, -0.1) is 0 Å². The molecule has 2 aromatic rings. The van der Waals surface area contributed by atoms with Gasteiger partial charge in [0.25, 0.3) is 0 Å². The molecule has 0 saturated carbocycles. The molecular formula is C44H70N6O9. The number of carbonyl (C=O) groups excluding carboxylic acids is 3. The summed E-state index contributed by atoms with van der Waals surface area (Å²) in [5.41, 5.74) is 2.93. The molecule has 5 rings (SSSR count). The molecule has 330 valence electrons. The highest BCUT2D eigenvalue weighted by molar-refractivity contribution is 6.00. The summed E-state index contributed by atoms with van der Waals surface area (Å²) in [7, 11) is 7.29. The number of aliphatic hydroxyl groups is 1. The van der Waals surface area contributed by atoms with Crippen molar-refractivity contribution < 1.29 is 43.2 Å². The Bertz CT molecular complexity index is 1710. The van der Waals surface area contributed by atoms with Gasteiger partial charge in [-0.1, -0.05) is 58.0 Å². The minimum atomic E-state index is -1.28. The van der Waals surface area contributed by atoms with Crippen LogP contribution in [-0.2, 0) is 39.8 Å². The van der Waals surface area contributed by atoms with Gasteiger partial charge in [-0.25, -0.2) is 20.2 Å². The van der Waals surface area contributed by atoms with Gasteiger partial charge in [-0.3, -0.25) is 9.59 Å². The van der Waals surface area contributed by atoms with Crippen molar-refractivity contribution in [3.05, 3.63) is 42.9 Å². The second-order valence-corrected chi connectivity index (χ2v) is 17.7. The lowest BCUT2D eigenvalue weighted by molar-refractivity contribution is -0.295. The zero-order valence-electron chi connectivity index (χ0n) is 37.2. The van der Waals surface area contributed by atoms with Crippen molar-refractivity contribution in [3.8, 4) is 11.3 Å². The maximum Gasteiger partial charge on any atom is 0.425 e. The molecule has 1 aromatic carbocycles. The zero-order chi connectivity index (χ0) is 43.4. The molecule has 1 amide bonds. The summed E-state index contributed by atoms with van der Waals surface area (Å²) in [4.78, 5) is 49.0. The lowest BCUT2D eigenvalue weighted by Gasteiger charge is -2.48. The van der Waals surface area contributed by atoms with Crippen LogP contribution in [-0.4, -0.2) is 137 Å². The minimum absolute atomic E-state index is 0.121. The van der Waals surface area contributed by atoms with Crippen molar-refractivity contribution in [3.63, 3.8) is 0 Å². The van der Waals surface area contributed by atoms with E-state index in [4.69, 9.17) is 23.7 Å². The van der Waals surface area contributed by atoms with Crippen LogP contribution in [0.3, 0.4) is 0 Å². The third kappa shape index (κ3) is 9.87. The second-order valence-electron chi connectivity index (χ2n) is 17.7. The molecule has 15 nitrogen and oxygen atoms in total. The Labute approximate surface area is 350 Å². The number of aliphatic hydroxyl groups excluding tert-OH is 1. The number of esters is 1. The van der Waals surface area contributed by atoms with E-state index in [1.165, 1.54) is 6.92 Å². The normalized spacial score (nSPS) is 37.5. The van der Waals surface area contributed by atoms with Crippen LogP contribution in [0.2, 0.25) is 0 Å². The molecule has 4 heterocycles. The van der Waals surface area contributed by atoms with E-state index in [1.807, 2.05) is 101 Å². The molecule has 59 heavy (non-hydrogen) atoms. The van der Waals surface area contributed by atoms with Gasteiger partial charge in [0.15, 0.2) is 17.7 Å². The van der Waals surface area contributed by atoms with Gasteiger partial charge in [0.1, 0.15) is 18.1 Å². The number of hydrogen-bond acceptors (Lipinski definition) is 13. The van der Waals surface area contributed by atoms with Crippen molar-refractivity contribution in [2.45, 2.75) is 148 Å². The van der Waals surface area contributed by atoms with Crippen LogP contribution in [0.1, 0.15) is 81.1 Å². The Kier molecular flexibility index (Phi) is 15.4. The van der Waals surface area contributed by atoms with E-state index < -0.39 is 71.5 Å². The monoisotopic (exact) mass is 827 g/mol. The molecule has 0 radical (unpaired) electrons. The highest BCUT2D eigenvalue weighted by atomic mass is 16.7. The average molecular weight is 827 g/mol. The predicted molar refractivity (Wildman–Crippen MR) is 223 cm³/mol. The number of hydrogen-bond donors (Lipinski definition) is 3. The van der Waals surface area contributed by atoms with Gasteiger partial charge in [-0.05, 0) is 86.4 Å². The summed E-state index contributed by atoms with van der Waals surface area (Å²) in [5.74, 6) is -3.55. The van der Waals surface area contributed by atoms with E-state index >= 15 is 0 Å². The van der Waals surface area contributed by atoms with Crippen LogP contribution in [0.25, 0.3) is 11.3 Å². The Hall–Kier alpha value is -3.44. The number of aryl methyl sites for hydroxylation is 1. The van der Waals surface area contributed by atoms with Crippen molar-refractivity contribution in [1.29, 1.82) is 0 Å². The first kappa shape index (κ1) is 46.6. The fraction of sp³-hybridized carbons (Fsp3) is 0.727. The predicted octanol–water partition coefficient (Wildman–Crippen LogP) is 4.67. The number of fused-ring (bicyclic) bond motifs is 1. The van der Waals surface area contributed by atoms with E-state index in [-0.39, 0.29) is 30.0 Å². The second kappa shape index (κ2) is 19.5. The number of hydrazine groups is 1. The highest BCUT2D eigenvalue weighted by Gasteiger charge is 2.60. The number of ketones is 1. The molecule has 1 unspecified atom stereocenters. The first-order valence-electron chi connectivity index (χ1n) is 21.4. The van der Waals surface area contributed by atoms with Crippen molar-refractivity contribution in [1.82, 2.24) is 30.2 Å². The number of likely N-dealkylation sites (N-methyl/N-ethyl adjacent to an activating group) is 1. The van der Waals surface area contributed by atoms with Crippen molar-refractivity contribution in [2.75, 3.05) is 34.8 Å². The van der Waals surface area contributed by atoms with Gasteiger partial charge in [0.05, 0.1) is 35.9 Å². The number of Topliss-reactive ketones (excluding diaryl/α,β-unsaturated/α-hetero) is 1. The molecule has 3 saturated heterocycles. The maximum atomic E-state index is 14.4. The molecule has 3 aliphatic rings. The smallest absolute Gasteiger partial charge is 0.425 e. The number of nitrogens with one attached hydrogen (secondary N) is 2. The lowest BCUT2D eigenvalue weighted by Crippen LogP contribution is -2.63. The molecule has 0 aliphatic carbocycles. The van der Waals surface area contributed by atoms with Gasteiger partial charge in [-0.2, -0.15) is 0 Å². The van der Waals surface area contributed by atoms with Gasteiger partial charge >= 0.3 is 12.1 Å². The number of aromatic nitrogens is 2. The largest absolute Gasteiger partial charge is 0.458 e. The van der Waals surface area contributed by atoms with Crippen molar-refractivity contribution in [2.24, 2.45) is 23.7 Å². The number of methoxy groups -OCH3 is 1. The molecule has 3 N–H and O–H groups in total. The van der Waals surface area contributed by atoms with E-state index in [1.54, 1.807) is 19.0 Å². The minimum Gasteiger partial charge on any atom is -0.458 e. The molecule has 15 heteroatoms. The first-order chi connectivity index (χ1) is 27.9. The summed E-state index contributed by atoms with van der Waals surface area (Å²) in [6.07, 6.45) is 1.22. The third-order valence-corrected chi connectivity index (χ3v) is 13.3. The van der Waals surface area contributed by atoms with Crippen LogP contribution in [0.4, 0.5) is 4.79 Å². The third-order valence-electron chi connectivity index (χ3n) is 13.3. The Balaban J connectivity index is 1.45. The molecule has 0 bridgehead atoms. The summed E-state index contributed by atoms with van der Waals surface area (Å²) in [6, 6.07) is 8.92. The van der Waals surface area contributed by atoms with Gasteiger partial charge in [0.2, 0.25) is 0 Å². The van der Waals surface area contributed by atoms with Crippen LogP contribution < -0.4 is 10.7 Å². The van der Waals surface area contributed by atoms with Crippen LogP contribution in [0.5, 0.6) is 0 Å². The SMILES string of the molecule is CC[C@H]1OC(=O)[C@H](C)C(=O)[C@H](C)[C@@H](O[C@@H]2O[C@H](C)C[C@H](N(C)C)[C@H]2O)[C@@](C)(OC)C[C@@H](C)C(NC)[C@H](C)[C@H]2N(NCCCn3cnc(-c4ccccc4)c3)C(=O)O[C@]12C. The summed E-state index contributed by atoms with van der Waals surface area (Å²) >= 11 is 0. The van der Waals surface area contributed by atoms with Crippen molar-refractivity contribution >= 4 is 17.8 Å². The van der Waals surface area contributed by atoms with E-state index in [2.05, 4.69) is 29.6 Å². The highest BCUT2D eigenvalue weighted by Crippen LogP contribution is 2.43. The molecule has 1 aromatic heterocycles. The number of amides is 1. The number of imidazole rings is 1. The summed E-state index contributed by atoms with van der Waals surface area (Å²) in [6.45, 7) is 16.1. The molecular weight excluding hydrogens is 757 g/mol. The fourth-order valence-electron chi connectivity index (χ4n) is 9.99. The van der Waals surface area contributed by atoms with Crippen LogP contribution in [0.15, 0.2) is 42.9 Å². The van der Waals surface area contributed by atoms with Gasteiger partial charge in [0, 0.05) is 50.0 Å². The van der Waals surface area contributed by atoms with Gasteiger partial charge < -0.3 is 43.6 Å². The lowest BCUT2D eigenvalue weighted by atomic mass is 9.71. The van der Waals surface area contributed by atoms with Crippen LogP contribution >= 0.6 is 0 Å². The topological polar surface area (TPSA) is 166 Å². The molecule has 3 aliphatic heterocycles. The zero-order valence-corrected chi connectivity index (χ0v) is 37.2. The number of carbonyl (C=O) groups is 3. The number of nitrogens with zero attached hydrogens (tertiary/aromatic N) is 4. The molecule has 14 atom stereocenters. The van der Waals surface area contributed by atoms with E-state index in [0.29, 0.717) is 38.8 Å². The van der Waals surface area contributed by atoms with Crippen LogP contribution in [0, 0.1) is 23.7 Å². The number of benzene rings is 1. The summed E-state index contributed by atoms with van der Waals surface area (Å²) in [5, 5.41) is 16.6. The Morgan fingerprint density at radius 2 is 1.76 bits per heavy atom. The summed E-state index contributed by atoms with van der Waals surface area (Å²) < 4.78 is 33.8. The Morgan fingerprint density at radius 3 is 2.39 bits per heavy atom. The standard InChI is InChI=1S/C44H70N6O9/c1-13-34-44(8)38(50(42(54)59-44)47-20-17-21-49-24-32(46-25-49)31-18-15-14-16-19-31)28(4)35(45-9)26(2)23-43(7,55-12)39(29(5)36(51)30(6)40(53)57-34)58-41-37(52)33(48(10)11)22-27(3)56-41/h14-16,18-19,24-30,33-35,37-39,41,45,47,52H,13,17,20-23H2,1-12H3/t26-,27-,28+,29+,30-,33+,34-,35?,37-,38-,39-,41+,43+,44-/m1/s1. The Morgan fingerprint density at radius 1 is 1.07 bits per heavy atom. The first-order valence-corrected chi connectivity index (χ1v) is 21.4. The number of cyclic esters (lactones) is 1. The quantitative estimate of drug-likeness (QED) is 0.154. The van der Waals surface area contributed by atoms with E-state index in [0.717, 1.165) is 11.3 Å². The van der Waals surface area contributed by atoms with E-state index in [9.17, 15) is 19.5 Å². The number of ether oxygens (including phenoxy) is 5. The maximum absolute atomic E-state index is 14.4. The average Bonchev–Trinajstić information content (AvgIpc) is 3.79. The molecule has 3 fully saturated rings. The fourth-order valence-corrected chi connectivity index (χ4v) is 9.99. The number of rotatable bonds is 12. The molecule has 0 spiro atoms.